The molecular formula is C62H41NO. The Morgan fingerprint density at radius 3 is 1.53 bits per heavy atom. The zero-order chi connectivity index (χ0) is 42.3. The Morgan fingerprint density at radius 2 is 0.875 bits per heavy atom. The molecule has 2 nitrogen and oxygen atoms in total. The Kier molecular flexibility index (Phi) is 7.13. The highest BCUT2D eigenvalue weighted by Crippen LogP contribution is 2.63. The second kappa shape index (κ2) is 12.8. The van der Waals surface area contributed by atoms with Crippen LogP contribution in [0.4, 0.5) is 17.1 Å². The van der Waals surface area contributed by atoms with Gasteiger partial charge in [0.05, 0.1) is 11.1 Å². The lowest BCUT2D eigenvalue weighted by Crippen LogP contribution is -2.26. The molecule has 0 fully saturated rings. The Balaban J connectivity index is 1.09. The Bertz CT molecular complexity index is 3710. The van der Waals surface area contributed by atoms with Crippen molar-refractivity contribution in [3.8, 4) is 44.5 Å². The van der Waals surface area contributed by atoms with Crippen molar-refractivity contribution in [3.05, 3.63) is 246 Å². The molecule has 1 spiro atoms. The first-order valence-corrected chi connectivity index (χ1v) is 22.4. The molecule has 0 bridgehead atoms. The van der Waals surface area contributed by atoms with Crippen molar-refractivity contribution in [3.63, 3.8) is 0 Å². The molecule has 300 valence electrons. The standard InChI is InChI=1S/C62H41NO/c1-61(2)52-24-12-8-20-43(52)47-32-29-40(34-56(47)61)63(58-36-51-49-31-28-39-18-6-7-19-42(39)60(49)64-59(51)37-50(58)38-16-4-3-5-17-38)41-30-33-48-46-23-11-15-27-55(46)62(57(48)35-41)53-25-13-9-21-44(53)45-22-10-14-26-54(45)62/h3-37H,1-2H3. The van der Waals surface area contributed by atoms with E-state index in [4.69, 9.17) is 4.42 Å². The Morgan fingerprint density at radius 1 is 0.359 bits per heavy atom. The van der Waals surface area contributed by atoms with Gasteiger partial charge < -0.3 is 9.32 Å². The summed E-state index contributed by atoms with van der Waals surface area (Å²) in [6.45, 7) is 4.75. The highest BCUT2D eigenvalue weighted by Gasteiger charge is 2.51. The van der Waals surface area contributed by atoms with Crippen molar-refractivity contribution in [2.24, 2.45) is 0 Å². The van der Waals surface area contributed by atoms with E-state index in [1.807, 2.05) is 0 Å². The molecule has 0 saturated carbocycles. The number of hydrogen-bond acceptors (Lipinski definition) is 2. The zero-order valence-corrected chi connectivity index (χ0v) is 35.6. The van der Waals surface area contributed by atoms with Crippen LogP contribution in [-0.4, -0.2) is 0 Å². The number of furan rings is 1. The summed E-state index contributed by atoms with van der Waals surface area (Å²) in [4.78, 5) is 2.53. The van der Waals surface area contributed by atoms with Gasteiger partial charge in [-0.2, -0.15) is 0 Å². The van der Waals surface area contributed by atoms with E-state index in [9.17, 15) is 0 Å². The summed E-state index contributed by atoms with van der Waals surface area (Å²) >= 11 is 0. The van der Waals surface area contributed by atoms with E-state index in [0.717, 1.165) is 55.5 Å². The van der Waals surface area contributed by atoms with Gasteiger partial charge in [0, 0.05) is 38.5 Å². The average molecular weight is 816 g/mol. The number of hydrogen-bond donors (Lipinski definition) is 0. The minimum Gasteiger partial charge on any atom is -0.455 e. The number of fused-ring (bicyclic) bond motifs is 18. The Hall–Kier alpha value is -7.94. The molecule has 0 N–H and O–H groups in total. The van der Waals surface area contributed by atoms with E-state index >= 15 is 0 Å². The van der Waals surface area contributed by atoms with Gasteiger partial charge in [0.1, 0.15) is 11.2 Å². The molecule has 11 aromatic rings. The Labute approximate surface area is 372 Å². The molecule has 0 aliphatic heterocycles. The number of benzene rings is 10. The van der Waals surface area contributed by atoms with E-state index in [0.29, 0.717) is 0 Å². The van der Waals surface area contributed by atoms with E-state index in [2.05, 4.69) is 231 Å². The summed E-state index contributed by atoms with van der Waals surface area (Å²) < 4.78 is 6.91. The van der Waals surface area contributed by atoms with Gasteiger partial charge >= 0.3 is 0 Å². The largest absolute Gasteiger partial charge is 0.455 e. The third kappa shape index (κ3) is 4.59. The van der Waals surface area contributed by atoms with Crippen molar-refractivity contribution < 1.29 is 4.42 Å². The topological polar surface area (TPSA) is 16.4 Å². The highest BCUT2D eigenvalue weighted by atomic mass is 16.3. The van der Waals surface area contributed by atoms with Crippen LogP contribution in [0.2, 0.25) is 0 Å². The normalized spacial score (nSPS) is 14.3. The van der Waals surface area contributed by atoms with Crippen LogP contribution >= 0.6 is 0 Å². The highest BCUT2D eigenvalue weighted by molar-refractivity contribution is 6.17. The van der Waals surface area contributed by atoms with Gasteiger partial charge in [-0.3, -0.25) is 0 Å². The van der Waals surface area contributed by atoms with Gasteiger partial charge in [-0.05, 0) is 120 Å². The monoisotopic (exact) mass is 815 g/mol. The third-order valence-electron chi connectivity index (χ3n) is 14.9. The summed E-state index contributed by atoms with van der Waals surface area (Å²) in [5, 5.41) is 4.50. The van der Waals surface area contributed by atoms with E-state index in [1.54, 1.807) is 0 Å². The van der Waals surface area contributed by atoms with Crippen molar-refractivity contribution in [2.45, 2.75) is 24.7 Å². The first-order valence-electron chi connectivity index (χ1n) is 22.4. The number of nitrogens with zero attached hydrogens (tertiary/aromatic N) is 1. The first-order chi connectivity index (χ1) is 31.5. The molecule has 0 saturated heterocycles. The van der Waals surface area contributed by atoms with Gasteiger partial charge in [-0.25, -0.2) is 0 Å². The van der Waals surface area contributed by atoms with Crippen LogP contribution in [0.15, 0.2) is 217 Å². The van der Waals surface area contributed by atoms with Gasteiger partial charge in [-0.15, -0.1) is 0 Å². The van der Waals surface area contributed by atoms with Crippen LogP contribution in [0.3, 0.4) is 0 Å². The molecule has 3 aliphatic carbocycles. The minimum absolute atomic E-state index is 0.178. The van der Waals surface area contributed by atoms with Crippen molar-refractivity contribution in [1.29, 1.82) is 0 Å². The molecule has 0 atom stereocenters. The van der Waals surface area contributed by atoms with Gasteiger partial charge in [0.25, 0.3) is 0 Å². The lowest BCUT2D eigenvalue weighted by atomic mass is 9.70. The second-order valence-corrected chi connectivity index (χ2v) is 18.3. The van der Waals surface area contributed by atoms with E-state index in [1.165, 1.54) is 72.1 Å². The van der Waals surface area contributed by atoms with Crippen LogP contribution in [0.25, 0.3) is 77.2 Å². The molecular weight excluding hydrogens is 775 g/mol. The molecule has 3 aliphatic rings. The number of rotatable bonds is 4. The molecule has 1 aromatic heterocycles. The maximum Gasteiger partial charge on any atom is 0.143 e. The van der Waals surface area contributed by atoms with Gasteiger partial charge in [0.2, 0.25) is 0 Å². The predicted molar refractivity (Wildman–Crippen MR) is 265 cm³/mol. The summed E-state index contributed by atoms with van der Waals surface area (Å²) in [5.74, 6) is 0. The molecule has 14 rings (SSSR count). The molecule has 0 radical (unpaired) electrons. The van der Waals surface area contributed by atoms with Gasteiger partial charge in [0.15, 0.2) is 0 Å². The van der Waals surface area contributed by atoms with Crippen LogP contribution in [0.1, 0.15) is 47.2 Å². The summed E-state index contributed by atoms with van der Waals surface area (Å²) in [6, 6.07) is 79.1. The molecule has 0 unspecified atom stereocenters. The SMILES string of the molecule is CC1(C)c2ccccc2-c2ccc(N(c3ccc4c(c3)C3(c5ccccc5-c5ccccc53)c3ccccc3-4)c3cc4c(cc3-c3ccccc3)oc3c5ccccc5ccc43)cc21. The maximum absolute atomic E-state index is 6.91. The van der Waals surface area contributed by atoms with Crippen LogP contribution in [-0.2, 0) is 10.8 Å². The lowest BCUT2D eigenvalue weighted by molar-refractivity contribution is 0.660. The molecule has 64 heavy (non-hydrogen) atoms. The molecule has 10 aromatic carbocycles. The van der Waals surface area contributed by atoms with E-state index in [-0.39, 0.29) is 5.41 Å². The maximum atomic E-state index is 6.91. The fourth-order valence-corrected chi connectivity index (χ4v) is 12.1. The van der Waals surface area contributed by atoms with Crippen molar-refractivity contribution in [1.82, 2.24) is 0 Å². The van der Waals surface area contributed by atoms with Crippen LogP contribution in [0, 0.1) is 0 Å². The summed E-state index contributed by atoms with van der Waals surface area (Å²) in [6.07, 6.45) is 0. The summed E-state index contributed by atoms with van der Waals surface area (Å²) in [7, 11) is 0. The van der Waals surface area contributed by atoms with Gasteiger partial charge in [-0.1, -0.05) is 184 Å². The van der Waals surface area contributed by atoms with Crippen LogP contribution in [0.5, 0.6) is 0 Å². The lowest BCUT2D eigenvalue weighted by Gasteiger charge is -2.33. The molecule has 0 amide bonds. The fraction of sp³-hybridized carbons (Fsp3) is 0.0645. The smallest absolute Gasteiger partial charge is 0.143 e. The zero-order valence-electron chi connectivity index (χ0n) is 35.6. The van der Waals surface area contributed by atoms with E-state index < -0.39 is 5.41 Å². The average Bonchev–Trinajstić information content (AvgIpc) is 4.03. The summed E-state index contributed by atoms with van der Waals surface area (Å²) in [5.41, 5.74) is 22.5. The first kappa shape index (κ1) is 35.6. The quantitative estimate of drug-likeness (QED) is 0.176. The molecule has 1 heterocycles. The second-order valence-electron chi connectivity index (χ2n) is 18.3. The van der Waals surface area contributed by atoms with Crippen LogP contribution < -0.4 is 4.90 Å². The minimum atomic E-state index is -0.476. The fourth-order valence-electron chi connectivity index (χ4n) is 12.1. The third-order valence-corrected chi connectivity index (χ3v) is 14.9. The molecule has 2 heteroatoms. The number of anilines is 3. The predicted octanol–water partition coefficient (Wildman–Crippen LogP) is 16.5. The van der Waals surface area contributed by atoms with Crippen molar-refractivity contribution in [2.75, 3.05) is 4.90 Å². The van der Waals surface area contributed by atoms with Crippen molar-refractivity contribution >= 4 is 49.8 Å².